The average Bonchev–Trinajstić information content (AvgIpc) is 2.83. The van der Waals surface area contributed by atoms with Crippen molar-refractivity contribution in [3.63, 3.8) is 0 Å². The molecule has 1 aliphatic heterocycles. The number of hydrogen-bond donors (Lipinski definition) is 0. The van der Waals surface area contributed by atoms with E-state index in [0.29, 0.717) is 17.0 Å². The highest BCUT2D eigenvalue weighted by atomic mass is 16.5. The van der Waals surface area contributed by atoms with Gasteiger partial charge in [0, 0.05) is 24.1 Å². The number of carbonyl (C=O) groups is 1. The summed E-state index contributed by atoms with van der Waals surface area (Å²) in [6, 6.07) is 10.0. The Bertz CT molecular complexity index is 631. The molecule has 0 bridgehead atoms. The molecule has 104 valence electrons. The number of rotatable bonds is 2. The first-order valence-corrected chi connectivity index (χ1v) is 6.96. The van der Waals surface area contributed by atoms with Crippen LogP contribution in [0.3, 0.4) is 0 Å². The van der Waals surface area contributed by atoms with Gasteiger partial charge in [-0.2, -0.15) is 0 Å². The molecule has 0 radical (unpaired) electrons. The molecule has 0 fully saturated rings. The Balaban J connectivity index is 2.10. The molecule has 1 amide bonds. The summed E-state index contributed by atoms with van der Waals surface area (Å²) in [6.45, 7) is 6.12. The number of fused-ring (bicyclic) bond motifs is 1. The lowest BCUT2D eigenvalue weighted by molar-refractivity contribution is 0.0584. The third-order valence-electron chi connectivity index (χ3n) is 3.77. The fraction of sp³-hybridized carbons (Fsp3) is 0.375. The Labute approximate surface area is 118 Å². The summed E-state index contributed by atoms with van der Waals surface area (Å²) in [5.74, 6) is 0.729. The van der Waals surface area contributed by atoms with Crippen LogP contribution in [0.5, 0.6) is 0 Å². The van der Waals surface area contributed by atoms with Crippen molar-refractivity contribution in [1.29, 1.82) is 0 Å². The van der Waals surface area contributed by atoms with E-state index in [9.17, 15) is 4.79 Å². The van der Waals surface area contributed by atoms with E-state index in [-0.39, 0.29) is 18.0 Å². The monoisotopic (exact) mass is 270 g/mol. The molecule has 0 spiro atoms. The van der Waals surface area contributed by atoms with Crippen molar-refractivity contribution in [2.24, 2.45) is 0 Å². The molecule has 1 unspecified atom stereocenters. The minimum atomic E-state index is 0.0221. The van der Waals surface area contributed by atoms with E-state index in [1.54, 1.807) is 0 Å². The first-order valence-electron chi connectivity index (χ1n) is 6.96. The second-order valence-corrected chi connectivity index (χ2v) is 5.55. The van der Waals surface area contributed by atoms with E-state index in [4.69, 9.17) is 4.52 Å². The molecule has 1 aromatic heterocycles. The van der Waals surface area contributed by atoms with Crippen LogP contribution in [0.2, 0.25) is 0 Å². The van der Waals surface area contributed by atoms with Gasteiger partial charge in [-0.05, 0) is 20.8 Å². The summed E-state index contributed by atoms with van der Waals surface area (Å²) >= 11 is 0. The summed E-state index contributed by atoms with van der Waals surface area (Å²) < 4.78 is 5.41. The molecule has 4 nitrogen and oxygen atoms in total. The summed E-state index contributed by atoms with van der Waals surface area (Å²) in [5, 5.41) is 4.12. The highest BCUT2D eigenvalue weighted by Gasteiger charge is 2.37. The number of nitrogens with zero attached hydrogens (tertiary/aromatic N) is 2. The van der Waals surface area contributed by atoms with Crippen LogP contribution < -0.4 is 0 Å². The van der Waals surface area contributed by atoms with Crippen LogP contribution in [0.25, 0.3) is 11.3 Å². The van der Waals surface area contributed by atoms with Crippen molar-refractivity contribution >= 4 is 5.91 Å². The van der Waals surface area contributed by atoms with E-state index in [1.807, 2.05) is 56.0 Å². The minimum Gasteiger partial charge on any atom is -0.360 e. The van der Waals surface area contributed by atoms with Crippen LogP contribution in [0.15, 0.2) is 34.9 Å². The average molecular weight is 270 g/mol. The first kappa shape index (κ1) is 12.9. The fourth-order valence-electron chi connectivity index (χ4n) is 2.92. The Morgan fingerprint density at radius 2 is 2.00 bits per heavy atom. The van der Waals surface area contributed by atoms with Gasteiger partial charge in [-0.3, -0.25) is 4.79 Å². The Hall–Kier alpha value is -2.10. The lowest BCUT2D eigenvalue weighted by atomic mass is 9.96. The van der Waals surface area contributed by atoms with Gasteiger partial charge in [-0.15, -0.1) is 0 Å². The zero-order chi connectivity index (χ0) is 14.3. The maximum absolute atomic E-state index is 12.7. The van der Waals surface area contributed by atoms with Gasteiger partial charge in [0.15, 0.2) is 5.76 Å². The number of aromatic nitrogens is 1. The van der Waals surface area contributed by atoms with E-state index in [0.717, 1.165) is 12.0 Å². The van der Waals surface area contributed by atoms with Crippen LogP contribution >= 0.6 is 0 Å². The Morgan fingerprint density at radius 3 is 2.65 bits per heavy atom. The van der Waals surface area contributed by atoms with Gasteiger partial charge in [-0.25, -0.2) is 0 Å². The van der Waals surface area contributed by atoms with Crippen LogP contribution in [-0.2, 0) is 6.42 Å². The van der Waals surface area contributed by atoms with Crippen molar-refractivity contribution in [2.75, 3.05) is 0 Å². The lowest BCUT2D eigenvalue weighted by Gasteiger charge is -2.35. The van der Waals surface area contributed by atoms with Crippen LogP contribution in [0, 0.1) is 0 Å². The van der Waals surface area contributed by atoms with Crippen molar-refractivity contribution < 1.29 is 9.32 Å². The van der Waals surface area contributed by atoms with Crippen LogP contribution in [-0.4, -0.2) is 28.0 Å². The molecule has 0 N–H and O–H groups in total. The van der Waals surface area contributed by atoms with Crippen molar-refractivity contribution in [1.82, 2.24) is 10.1 Å². The molecule has 2 aromatic rings. The molecule has 2 heterocycles. The summed E-state index contributed by atoms with van der Waals surface area (Å²) in [7, 11) is 0. The lowest BCUT2D eigenvalue weighted by Crippen LogP contribution is -2.47. The fourth-order valence-corrected chi connectivity index (χ4v) is 2.92. The van der Waals surface area contributed by atoms with Gasteiger partial charge in [0.25, 0.3) is 5.91 Å². The maximum Gasteiger partial charge on any atom is 0.260 e. The first-order chi connectivity index (χ1) is 9.59. The van der Waals surface area contributed by atoms with Crippen molar-refractivity contribution in [3.8, 4) is 11.3 Å². The maximum atomic E-state index is 12.7. The second kappa shape index (κ2) is 4.78. The molecule has 1 atom stereocenters. The minimum absolute atomic E-state index is 0.0221. The third-order valence-corrected chi connectivity index (χ3v) is 3.77. The van der Waals surface area contributed by atoms with Crippen LogP contribution in [0.4, 0.5) is 0 Å². The highest BCUT2D eigenvalue weighted by Crippen LogP contribution is 2.32. The molecular formula is C16H18N2O2. The molecule has 0 saturated carbocycles. The van der Waals surface area contributed by atoms with Gasteiger partial charge in [0.05, 0.1) is 0 Å². The largest absolute Gasteiger partial charge is 0.360 e. The predicted molar refractivity (Wildman–Crippen MR) is 76.4 cm³/mol. The number of amides is 1. The Morgan fingerprint density at radius 1 is 1.30 bits per heavy atom. The van der Waals surface area contributed by atoms with E-state index < -0.39 is 0 Å². The molecule has 0 saturated heterocycles. The standard InChI is InChI=1S/C16H18N2O2/c1-10(2)18-11(3)9-13-14(16(18)19)15(17-20-13)12-7-5-4-6-8-12/h4-8,10-11H,9H2,1-3H3. The summed E-state index contributed by atoms with van der Waals surface area (Å²) in [5.41, 5.74) is 2.20. The van der Waals surface area contributed by atoms with Gasteiger partial charge in [0.2, 0.25) is 0 Å². The smallest absolute Gasteiger partial charge is 0.260 e. The van der Waals surface area contributed by atoms with E-state index in [2.05, 4.69) is 5.16 Å². The zero-order valence-corrected chi connectivity index (χ0v) is 12.0. The van der Waals surface area contributed by atoms with Gasteiger partial charge in [-0.1, -0.05) is 35.5 Å². The molecule has 3 rings (SSSR count). The number of carbonyl (C=O) groups excluding carboxylic acids is 1. The van der Waals surface area contributed by atoms with Crippen molar-refractivity contribution in [2.45, 2.75) is 39.3 Å². The molecule has 20 heavy (non-hydrogen) atoms. The van der Waals surface area contributed by atoms with Crippen LogP contribution in [0.1, 0.15) is 36.9 Å². The van der Waals surface area contributed by atoms with Gasteiger partial charge >= 0.3 is 0 Å². The van der Waals surface area contributed by atoms with Gasteiger partial charge in [0.1, 0.15) is 11.3 Å². The number of benzene rings is 1. The number of hydrogen-bond acceptors (Lipinski definition) is 3. The SMILES string of the molecule is CC(C)N1C(=O)c2c(-c3ccccc3)noc2CC1C. The Kier molecular flexibility index (Phi) is 3.08. The van der Waals surface area contributed by atoms with Gasteiger partial charge < -0.3 is 9.42 Å². The predicted octanol–water partition coefficient (Wildman–Crippen LogP) is 3.14. The third kappa shape index (κ3) is 1.92. The molecule has 1 aliphatic rings. The molecular weight excluding hydrogens is 252 g/mol. The second-order valence-electron chi connectivity index (χ2n) is 5.55. The van der Waals surface area contributed by atoms with E-state index >= 15 is 0 Å². The molecule has 4 heteroatoms. The zero-order valence-electron chi connectivity index (χ0n) is 12.0. The summed E-state index contributed by atoms with van der Waals surface area (Å²) in [4.78, 5) is 14.7. The normalized spacial score (nSPS) is 18.5. The molecule has 1 aromatic carbocycles. The summed E-state index contributed by atoms with van der Waals surface area (Å²) in [6.07, 6.45) is 0.721. The molecule has 0 aliphatic carbocycles. The topological polar surface area (TPSA) is 46.3 Å². The van der Waals surface area contributed by atoms with Crippen molar-refractivity contribution in [3.05, 3.63) is 41.7 Å². The van der Waals surface area contributed by atoms with E-state index in [1.165, 1.54) is 0 Å². The highest BCUT2D eigenvalue weighted by molar-refractivity contribution is 6.02. The quantitative estimate of drug-likeness (QED) is 0.842.